The maximum absolute atomic E-state index is 11.9. The fourth-order valence-corrected chi connectivity index (χ4v) is 3.20. The van der Waals surface area contributed by atoms with E-state index in [1.54, 1.807) is 13.2 Å². The second-order valence-corrected chi connectivity index (χ2v) is 6.31. The van der Waals surface area contributed by atoms with Crippen LogP contribution in [0.5, 0.6) is 5.75 Å². The van der Waals surface area contributed by atoms with E-state index in [4.69, 9.17) is 4.74 Å². The normalized spacial score (nSPS) is 10.5. The van der Waals surface area contributed by atoms with Crippen molar-refractivity contribution in [3.63, 3.8) is 0 Å². The van der Waals surface area contributed by atoms with Crippen LogP contribution in [0.4, 0.5) is 0 Å². The molecule has 0 saturated heterocycles. The number of nitrogens with zero attached hydrogens (tertiary/aromatic N) is 1. The second-order valence-electron chi connectivity index (χ2n) is 5.34. The molecule has 0 aliphatic carbocycles. The van der Waals surface area contributed by atoms with Gasteiger partial charge in [0, 0.05) is 18.2 Å². The first-order chi connectivity index (χ1) is 11.7. The molecule has 0 radical (unpaired) electrons. The molecule has 0 spiro atoms. The molecule has 0 bridgehead atoms. The zero-order valence-electron chi connectivity index (χ0n) is 13.4. The van der Waals surface area contributed by atoms with E-state index >= 15 is 0 Å². The molecule has 3 aromatic rings. The predicted molar refractivity (Wildman–Crippen MR) is 96.7 cm³/mol. The van der Waals surface area contributed by atoms with Crippen molar-refractivity contribution in [3.05, 3.63) is 87.8 Å². The maximum Gasteiger partial charge on any atom is 0.251 e. The number of hydrogen-bond acceptors (Lipinski definition) is 4. The van der Waals surface area contributed by atoms with Gasteiger partial charge in [-0.15, -0.1) is 0 Å². The van der Waals surface area contributed by atoms with Gasteiger partial charge in [-0.1, -0.05) is 54.2 Å². The Morgan fingerprint density at radius 1 is 1.04 bits per heavy atom. The highest BCUT2D eigenvalue weighted by atomic mass is 32.2. The number of methoxy groups -OCH3 is 1. The van der Waals surface area contributed by atoms with E-state index in [0.29, 0.717) is 11.6 Å². The molecule has 0 aliphatic rings. The second kappa shape index (κ2) is 7.84. The highest BCUT2D eigenvalue weighted by Crippen LogP contribution is 2.21. The molecule has 0 unspecified atom stereocenters. The van der Waals surface area contributed by atoms with Gasteiger partial charge in [0.05, 0.1) is 12.8 Å². The maximum atomic E-state index is 11.9. The highest BCUT2D eigenvalue weighted by Gasteiger charge is 2.05. The summed E-state index contributed by atoms with van der Waals surface area (Å²) in [4.78, 5) is 19.2. The molecule has 0 fully saturated rings. The molecule has 2 aromatic carbocycles. The third-order valence-electron chi connectivity index (χ3n) is 3.51. The number of H-pyrrole nitrogens is 1. The molecular formula is C19H18N2O2S. The number of benzene rings is 2. The smallest absolute Gasteiger partial charge is 0.251 e. The highest BCUT2D eigenvalue weighted by molar-refractivity contribution is 7.98. The summed E-state index contributed by atoms with van der Waals surface area (Å²) < 4.78 is 5.23. The Balaban J connectivity index is 1.72. The quantitative estimate of drug-likeness (QED) is 0.550. The summed E-state index contributed by atoms with van der Waals surface area (Å²) >= 11 is 1.51. The van der Waals surface area contributed by atoms with Crippen LogP contribution in [0.1, 0.15) is 16.8 Å². The third kappa shape index (κ3) is 4.49. The molecule has 1 N–H and O–H groups in total. The van der Waals surface area contributed by atoms with Crippen LogP contribution in [0.3, 0.4) is 0 Å². The first kappa shape index (κ1) is 16.3. The number of aromatic nitrogens is 2. The Labute approximate surface area is 144 Å². The Hall–Kier alpha value is -2.53. The van der Waals surface area contributed by atoms with Crippen molar-refractivity contribution in [2.75, 3.05) is 7.11 Å². The molecule has 1 aromatic heterocycles. The molecule has 3 rings (SSSR count). The van der Waals surface area contributed by atoms with Crippen LogP contribution in [0.25, 0.3) is 0 Å². The van der Waals surface area contributed by atoms with Crippen molar-refractivity contribution >= 4 is 11.8 Å². The van der Waals surface area contributed by atoms with Gasteiger partial charge in [-0.3, -0.25) is 4.79 Å². The third-order valence-corrected chi connectivity index (χ3v) is 4.46. The van der Waals surface area contributed by atoms with Crippen molar-refractivity contribution < 1.29 is 4.74 Å². The average Bonchev–Trinajstić information content (AvgIpc) is 2.60. The van der Waals surface area contributed by atoms with E-state index in [0.717, 1.165) is 28.3 Å². The van der Waals surface area contributed by atoms with Crippen LogP contribution in [-0.2, 0) is 12.2 Å². The van der Waals surface area contributed by atoms with Crippen LogP contribution in [0, 0.1) is 0 Å². The lowest BCUT2D eigenvalue weighted by Gasteiger charge is -2.06. The van der Waals surface area contributed by atoms with Crippen molar-refractivity contribution in [1.82, 2.24) is 9.97 Å². The topological polar surface area (TPSA) is 55.0 Å². The Morgan fingerprint density at radius 3 is 2.62 bits per heavy atom. The van der Waals surface area contributed by atoms with Gasteiger partial charge in [-0.25, -0.2) is 4.98 Å². The van der Waals surface area contributed by atoms with Gasteiger partial charge in [0.1, 0.15) is 5.75 Å². The largest absolute Gasteiger partial charge is 0.497 e. The lowest BCUT2D eigenvalue weighted by Crippen LogP contribution is -2.10. The minimum Gasteiger partial charge on any atom is -0.497 e. The molecule has 4 nitrogen and oxygen atoms in total. The predicted octanol–water partition coefficient (Wildman–Crippen LogP) is 3.66. The first-order valence-electron chi connectivity index (χ1n) is 7.63. The van der Waals surface area contributed by atoms with Crippen LogP contribution in [0.2, 0.25) is 0 Å². The molecule has 0 saturated carbocycles. The van der Waals surface area contributed by atoms with Gasteiger partial charge in [-0.2, -0.15) is 0 Å². The van der Waals surface area contributed by atoms with E-state index in [1.165, 1.54) is 11.8 Å². The summed E-state index contributed by atoms with van der Waals surface area (Å²) in [5, 5.41) is 0.635. The lowest BCUT2D eigenvalue weighted by atomic mass is 10.1. The lowest BCUT2D eigenvalue weighted by molar-refractivity contribution is 0.414. The Morgan fingerprint density at radius 2 is 1.83 bits per heavy atom. The summed E-state index contributed by atoms with van der Waals surface area (Å²) in [5.41, 5.74) is 2.91. The molecular weight excluding hydrogens is 320 g/mol. The number of aromatic amines is 1. The monoisotopic (exact) mass is 338 g/mol. The Bertz CT molecular complexity index is 862. The summed E-state index contributed by atoms with van der Waals surface area (Å²) in [6.07, 6.45) is 0.650. The standard InChI is InChI=1S/C19H18N2O2S/c1-23-17-9-5-8-15(11-17)13-24-19-20-16(12-18(22)21-19)10-14-6-3-2-4-7-14/h2-9,11-12H,10,13H2,1H3,(H,20,21,22). The minimum absolute atomic E-state index is 0.121. The summed E-state index contributed by atoms with van der Waals surface area (Å²) in [5.74, 6) is 1.54. The SMILES string of the molecule is COc1cccc(CSc2nc(Cc3ccccc3)cc(=O)[nH]2)c1. The number of ether oxygens (including phenoxy) is 1. The molecule has 122 valence electrons. The summed E-state index contributed by atoms with van der Waals surface area (Å²) in [6, 6.07) is 19.5. The van der Waals surface area contributed by atoms with Gasteiger partial charge in [0.2, 0.25) is 0 Å². The van der Waals surface area contributed by atoms with Crippen LogP contribution in [0.15, 0.2) is 70.6 Å². The van der Waals surface area contributed by atoms with Gasteiger partial charge < -0.3 is 9.72 Å². The van der Waals surface area contributed by atoms with Crippen LogP contribution >= 0.6 is 11.8 Å². The van der Waals surface area contributed by atoms with E-state index in [9.17, 15) is 4.79 Å². The summed E-state index contributed by atoms with van der Waals surface area (Å²) in [7, 11) is 1.65. The van der Waals surface area contributed by atoms with Gasteiger partial charge in [-0.05, 0) is 23.3 Å². The number of hydrogen-bond donors (Lipinski definition) is 1. The van der Waals surface area contributed by atoms with Crippen LogP contribution in [-0.4, -0.2) is 17.1 Å². The number of rotatable bonds is 6. The number of nitrogens with one attached hydrogen (secondary N) is 1. The van der Waals surface area contributed by atoms with E-state index in [2.05, 4.69) is 9.97 Å². The molecule has 5 heteroatoms. The van der Waals surface area contributed by atoms with E-state index < -0.39 is 0 Å². The minimum atomic E-state index is -0.121. The molecule has 0 aliphatic heterocycles. The molecule has 24 heavy (non-hydrogen) atoms. The zero-order chi connectivity index (χ0) is 16.8. The number of thioether (sulfide) groups is 1. The Kier molecular flexibility index (Phi) is 5.33. The van der Waals surface area contributed by atoms with Gasteiger partial charge in [0.15, 0.2) is 5.16 Å². The van der Waals surface area contributed by atoms with Crippen molar-refractivity contribution in [3.8, 4) is 5.75 Å². The first-order valence-corrected chi connectivity index (χ1v) is 8.61. The van der Waals surface area contributed by atoms with E-state index in [1.807, 2.05) is 54.6 Å². The van der Waals surface area contributed by atoms with Gasteiger partial charge >= 0.3 is 0 Å². The van der Waals surface area contributed by atoms with E-state index in [-0.39, 0.29) is 5.56 Å². The van der Waals surface area contributed by atoms with Crippen molar-refractivity contribution in [2.45, 2.75) is 17.3 Å². The average molecular weight is 338 g/mol. The van der Waals surface area contributed by atoms with Gasteiger partial charge in [0.25, 0.3) is 5.56 Å². The summed E-state index contributed by atoms with van der Waals surface area (Å²) in [6.45, 7) is 0. The molecule has 1 heterocycles. The molecule has 0 atom stereocenters. The fourth-order valence-electron chi connectivity index (χ4n) is 2.36. The van der Waals surface area contributed by atoms with Crippen molar-refractivity contribution in [1.29, 1.82) is 0 Å². The zero-order valence-corrected chi connectivity index (χ0v) is 14.2. The van der Waals surface area contributed by atoms with Crippen LogP contribution < -0.4 is 10.3 Å². The fraction of sp³-hybridized carbons (Fsp3) is 0.158. The van der Waals surface area contributed by atoms with Crippen molar-refractivity contribution in [2.24, 2.45) is 0 Å². The molecule has 0 amide bonds.